The summed E-state index contributed by atoms with van der Waals surface area (Å²) in [5.41, 5.74) is 0.681. The molecule has 1 N–H and O–H groups in total. The molecule has 0 fully saturated rings. The Bertz CT molecular complexity index is 264. The lowest BCUT2D eigenvalue weighted by Crippen LogP contribution is -2.46. The van der Waals surface area contributed by atoms with Gasteiger partial charge in [-0.15, -0.1) is 13.2 Å². The Morgan fingerprint density at radius 2 is 2.06 bits per heavy atom. The van der Waals surface area contributed by atoms with Crippen molar-refractivity contribution in [2.45, 2.75) is 45.8 Å². The molecule has 0 aromatic carbocycles. The minimum atomic E-state index is -0.477. The largest absolute Gasteiger partial charge is 0.364 e. The molecule has 1 amide bonds. The van der Waals surface area contributed by atoms with E-state index in [0.717, 1.165) is 5.57 Å². The molecule has 0 aromatic heterocycles. The molecule has 0 aliphatic heterocycles. The number of hydrogen-bond donors (Lipinski definition) is 1. The molecule has 0 bridgehead atoms. The van der Waals surface area contributed by atoms with Crippen molar-refractivity contribution in [1.82, 2.24) is 5.32 Å². The summed E-state index contributed by atoms with van der Waals surface area (Å²) in [6.45, 7) is 15.4. The Balaban J connectivity index is 4.42. The van der Waals surface area contributed by atoms with Crippen molar-refractivity contribution < 1.29 is 9.53 Å². The van der Waals surface area contributed by atoms with Crippen LogP contribution in [0.3, 0.4) is 0 Å². The molecule has 92 valence electrons. The van der Waals surface area contributed by atoms with Crippen LogP contribution in [0.1, 0.15) is 34.1 Å². The van der Waals surface area contributed by atoms with E-state index < -0.39 is 6.10 Å². The molecule has 0 spiro atoms. The monoisotopic (exact) mass is 225 g/mol. The molecule has 0 saturated heterocycles. The summed E-state index contributed by atoms with van der Waals surface area (Å²) in [5.74, 6) is -0.0997. The molecule has 1 unspecified atom stereocenters. The number of ether oxygens (including phenoxy) is 1. The van der Waals surface area contributed by atoms with Gasteiger partial charge in [-0.05, 0) is 27.7 Å². The second kappa shape index (κ2) is 6.48. The van der Waals surface area contributed by atoms with E-state index in [1.54, 1.807) is 6.08 Å². The van der Waals surface area contributed by atoms with Crippen LogP contribution in [0.4, 0.5) is 0 Å². The van der Waals surface area contributed by atoms with Gasteiger partial charge in [-0.1, -0.05) is 11.6 Å². The Morgan fingerprint density at radius 3 is 2.44 bits per heavy atom. The first kappa shape index (κ1) is 14.9. The average molecular weight is 225 g/mol. The van der Waals surface area contributed by atoms with Crippen LogP contribution < -0.4 is 5.32 Å². The highest BCUT2D eigenvalue weighted by Crippen LogP contribution is 2.09. The first-order valence-corrected chi connectivity index (χ1v) is 5.45. The van der Waals surface area contributed by atoms with Crippen molar-refractivity contribution in [2.24, 2.45) is 0 Å². The van der Waals surface area contributed by atoms with Crippen LogP contribution in [0.15, 0.2) is 24.8 Å². The predicted octanol–water partition coefficient (Wildman–Crippen LogP) is 2.44. The van der Waals surface area contributed by atoms with Crippen molar-refractivity contribution in [3.05, 3.63) is 24.8 Å². The summed E-state index contributed by atoms with van der Waals surface area (Å²) >= 11 is 0. The quantitative estimate of drug-likeness (QED) is 0.705. The summed E-state index contributed by atoms with van der Waals surface area (Å²) in [6.07, 6.45) is 1.70. The van der Waals surface area contributed by atoms with Crippen LogP contribution >= 0.6 is 0 Å². The third kappa shape index (κ3) is 7.23. The zero-order chi connectivity index (χ0) is 12.8. The smallest absolute Gasteiger partial charge is 0.249 e. The lowest BCUT2D eigenvalue weighted by atomic mass is 10.1. The Labute approximate surface area is 98.6 Å². The summed E-state index contributed by atoms with van der Waals surface area (Å²) < 4.78 is 5.42. The SMILES string of the molecule is C=CCOC(CC(=C)C)C(=O)NC(C)(C)C. The predicted molar refractivity (Wildman–Crippen MR) is 67.3 cm³/mol. The zero-order valence-corrected chi connectivity index (χ0v) is 10.8. The van der Waals surface area contributed by atoms with Crippen molar-refractivity contribution in [3.8, 4) is 0 Å². The number of carbonyl (C=O) groups is 1. The standard InChI is InChI=1S/C13H23NO2/c1-7-8-16-11(9-10(2)3)12(15)14-13(4,5)6/h7,11H,1-2,8-9H2,3-6H3,(H,14,15). The van der Waals surface area contributed by atoms with Crippen molar-refractivity contribution in [1.29, 1.82) is 0 Å². The zero-order valence-electron chi connectivity index (χ0n) is 10.8. The van der Waals surface area contributed by atoms with Crippen LogP contribution in [0.25, 0.3) is 0 Å². The van der Waals surface area contributed by atoms with Gasteiger partial charge in [0.25, 0.3) is 0 Å². The minimum Gasteiger partial charge on any atom is -0.364 e. The molecule has 3 nitrogen and oxygen atoms in total. The Hall–Kier alpha value is -1.09. The minimum absolute atomic E-state index is 0.0997. The fourth-order valence-corrected chi connectivity index (χ4v) is 1.18. The van der Waals surface area contributed by atoms with Crippen molar-refractivity contribution in [3.63, 3.8) is 0 Å². The molecular formula is C13H23NO2. The maximum Gasteiger partial charge on any atom is 0.249 e. The van der Waals surface area contributed by atoms with Crippen LogP contribution in [0.2, 0.25) is 0 Å². The molecular weight excluding hydrogens is 202 g/mol. The van der Waals surface area contributed by atoms with Crippen molar-refractivity contribution in [2.75, 3.05) is 6.61 Å². The Kier molecular flexibility index (Phi) is 6.04. The molecule has 3 heteroatoms. The van der Waals surface area contributed by atoms with Crippen LogP contribution in [-0.4, -0.2) is 24.2 Å². The summed E-state index contributed by atoms with van der Waals surface area (Å²) in [6, 6.07) is 0. The first-order chi connectivity index (χ1) is 7.26. The van der Waals surface area contributed by atoms with Crippen LogP contribution in [0, 0.1) is 0 Å². The molecule has 0 rings (SSSR count). The summed E-state index contributed by atoms with van der Waals surface area (Å²) in [7, 11) is 0. The van der Waals surface area contributed by atoms with E-state index in [2.05, 4.69) is 18.5 Å². The highest BCUT2D eigenvalue weighted by molar-refractivity contribution is 5.81. The molecule has 0 aromatic rings. The molecule has 0 radical (unpaired) electrons. The fraction of sp³-hybridized carbons (Fsp3) is 0.615. The van der Waals surface area contributed by atoms with Gasteiger partial charge in [0.15, 0.2) is 0 Å². The van der Waals surface area contributed by atoms with Crippen LogP contribution in [-0.2, 0) is 9.53 Å². The number of rotatable bonds is 6. The average Bonchev–Trinajstić information content (AvgIpc) is 2.08. The number of hydrogen-bond acceptors (Lipinski definition) is 2. The second-order valence-electron chi connectivity index (χ2n) is 5.01. The molecule has 0 aliphatic rings. The van der Waals surface area contributed by atoms with Gasteiger partial charge in [0.1, 0.15) is 6.10 Å². The summed E-state index contributed by atoms with van der Waals surface area (Å²) in [5, 5.41) is 2.89. The van der Waals surface area contributed by atoms with Crippen LogP contribution in [0.5, 0.6) is 0 Å². The molecule has 0 saturated carbocycles. The molecule has 0 heterocycles. The lowest BCUT2D eigenvalue weighted by molar-refractivity contribution is -0.133. The van der Waals surface area contributed by atoms with Gasteiger partial charge in [0.05, 0.1) is 6.61 Å². The topological polar surface area (TPSA) is 38.3 Å². The van der Waals surface area contributed by atoms with Crippen molar-refractivity contribution >= 4 is 5.91 Å². The van der Waals surface area contributed by atoms with E-state index in [4.69, 9.17) is 4.74 Å². The Morgan fingerprint density at radius 1 is 1.50 bits per heavy atom. The van der Waals surface area contributed by atoms with Gasteiger partial charge in [-0.25, -0.2) is 0 Å². The first-order valence-electron chi connectivity index (χ1n) is 5.45. The van der Waals surface area contributed by atoms with E-state index >= 15 is 0 Å². The van der Waals surface area contributed by atoms with Gasteiger partial charge >= 0.3 is 0 Å². The lowest BCUT2D eigenvalue weighted by Gasteiger charge is -2.25. The van der Waals surface area contributed by atoms with E-state index in [1.807, 2.05) is 27.7 Å². The highest BCUT2D eigenvalue weighted by atomic mass is 16.5. The van der Waals surface area contributed by atoms with Gasteiger partial charge < -0.3 is 10.1 Å². The second-order valence-corrected chi connectivity index (χ2v) is 5.01. The molecule has 1 atom stereocenters. The van der Waals surface area contributed by atoms with E-state index in [0.29, 0.717) is 13.0 Å². The number of nitrogens with one attached hydrogen (secondary N) is 1. The number of amides is 1. The maximum absolute atomic E-state index is 11.9. The van der Waals surface area contributed by atoms with Gasteiger partial charge in [-0.2, -0.15) is 0 Å². The number of carbonyl (C=O) groups excluding carboxylic acids is 1. The van der Waals surface area contributed by atoms with Gasteiger partial charge in [0, 0.05) is 12.0 Å². The van der Waals surface area contributed by atoms with Gasteiger partial charge in [0.2, 0.25) is 5.91 Å². The van der Waals surface area contributed by atoms with E-state index in [-0.39, 0.29) is 11.4 Å². The van der Waals surface area contributed by atoms with Gasteiger partial charge in [-0.3, -0.25) is 4.79 Å². The molecule has 0 aliphatic carbocycles. The summed E-state index contributed by atoms with van der Waals surface area (Å²) in [4.78, 5) is 11.9. The third-order valence-electron chi connectivity index (χ3n) is 1.74. The maximum atomic E-state index is 11.9. The van der Waals surface area contributed by atoms with E-state index in [9.17, 15) is 4.79 Å². The molecule has 16 heavy (non-hydrogen) atoms. The highest BCUT2D eigenvalue weighted by Gasteiger charge is 2.23. The van der Waals surface area contributed by atoms with E-state index in [1.165, 1.54) is 0 Å². The third-order valence-corrected chi connectivity index (χ3v) is 1.74. The normalized spacial score (nSPS) is 13.0. The fourth-order valence-electron chi connectivity index (χ4n) is 1.18.